The molecule has 0 aliphatic heterocycles. The van der Waals surface area contributed by atoms with Crippen molar-refractivity contribution in [3.05, 3.63) is 39.9 Å². The number of carbonyl (C=O) groups is 2. The molecule has 0 spiro atoms. The summed E-state index contributed by atoms with van der Waals surface area (Å²) in [5.41, 5.74) is 0.273. The molecule has 7 heteroatoms. The van der Waals surface area contributed by atoms with Crippen LogP contribution in [0.2, 0.25) is 0 Å². The third-order valence-corrected chi connectivity index (χ3v) is 4.44. The summed E-state index contributed by atoms with van der Waals surface area (Å²) in [5, 5.41) is 16.3. The molecule has 0 saturated heterocycles. The topological polar surface area (TPSA) is 101 Å². The third kappa shape index (κ3) is 5.04. The van der Waals surface area contributed by atoms with E-state index in [1.165, 1.54) is 30.7 Å². The lowest BCUT2D eigenvalue weighted by Gasteiger charge is -2.29. The molecule has 0 radical (unpaired) electrons. The van der Waals surface area contributed by atoms with E-state index in [9.17, 15) is 19.7 Å². The number of nitro benzene ring substituents is 1. The highest BCUT2D eigenvalue weighted by Gasteiger charge is 2.22. The van der Waals surface area contributed by atoms with Crippen LogP contribution in [-0.2, 0) is 4.79 Å². The number of rotatable bonds is 6. The summed E-state index contributed by atoms with van der Waals surface area (Å²) in [4.78, 5) is 34.0. The maximum atomic E-state index is 12.0. The second-order valence-corrected chi connectivity index (χ2v) is 6.25. The van der Waals surface area contributed by atoms with E-state index in [2.05, 4.69) is 17.6 Å². The highest BCUT2D eigenvalue weighted by atomic mass is 16.6. The molecule has 0 heterocycles. The second-order valence-electron chi connectivity index (χ2n) is 6.25. The van der Waals surface area contributed by atoms with Gasteiger partial charge in [0.2, 0.25) is 5.91 Å². The van der Waals surface area contributed by atoms with Crippen molar-refractivity contribution in [1.82, 2.24) is 10.6 Å². The van der Waals surface area contributed by atoms with E-state index >= 15 is 0 Å². The van der Waals surface area contributed by atoms with Gasteiger partial charge in [-0.2, -0.15) is 0 Å². The van der Waals surface area contributed by atoms with Crippen LogP contribution in [0.5, 0.6) is 0 Å². The van der Waals surface area contributed by atoms with Gasteiger partial charge < -0.3 is 10.6 Å². The van der Waals surface area contributed by atoms with Crippen LogP contribution < -0.4 is 10.6 Å². The fourth-order valence-electron chi connectivity index (χ4n) is 2.94. The first-order valence-corrected chi connectivity index (χ1v) is 8.29. The Balaban J connectivity index is 1.73. The zero-order valence-corrected chi connectivity index (χ0v) is 13.8. The van der Waals surface area contributed by atoms with Crippen LogP contribution in [-0.4, -0.2) is 29.3 Å². The molecule has 1 aromatic carbocycles. The van der Waals surface area contributed by atoms with Crippen molar-refractivity contribution >= 4 is 17.5 Å². The van der Waals surface area contributed by atoms with Gasteiger partial charge in [-0.15, -0.1) is 0 Å². The Hall–Kier alpha value is -2.44. The molecule has 1 saturated carbocycles. The van der Waals surface area contributed by atoms with E-state index in [1.54, 1.807) is 0 Å². The van der Waals surface area contributed by atoms with E-state index in [4.69, 9.17) is 0 Å². The van der Waals surface area contributed by atoms with Gasteiger partial charge in [0.05, 0.1) is 4.92 Å². The fraction of sp³-hybridized carbons (Fsp3) is 0.529. The van der Waals surface area contributed by atoms with E-state index in [-0.39, 0.29) is 36.5 Å². The zero-order chi connectivity index (χ0) is 17.5. The molecule has 0 bridgehead atoms. The molecule has 1 aromatic rings. The van der Waals surface area contributed by atoms with Crippen molar-refractivity contribution < 1.29 is 14.5 Å². The van der Waals surface area contributed by atoms with Gasteiger partial charge >= 0.3 is 0 Å². The Kier molecular flexibility index (Phi) is 6.28. The van der Waals surface area contributed by atoms with Crippen molar-refractivity contribution in [2.45, 2.75) is 45.1 Å². The normalized spacial score (nSPS) is 20.2. The monoisotopic (exact) mass is 333 g/mol. The highest BCUT2D eigenvalue weighted by molar-refractivity contribution is 5.94. The quantitative estimate of drug-likeness (QED) is 0.616. The third-order valence-electron chi connectivity index (χ3n) is 4.44. The van der Waals surface area contributed by atoms with E-state index in [0.29, 0.717) is 11.5 Å². The van der Waals surface area contributed by atoms with E-state index in [1.807, 2.05) is 0 Å². The van der Waals surface area contributed by atoms with Crippen molar-refractivity contribution in [2.75, 3.05) is 6.54 Å². The number of nitro groups is 1. The lowest BCUT2D eigenvalue weighted by molar-refractivity contribution is -0.384. The molecule has 1 fully saturated rings. The predicted octanol–water partition coefficient (Wildman–Crippen LogP) is 2.41. The Morgan fingerprint density at radius 2 is 1.88 bits per heavy atom. The molecule has 2 rings (SSSR count). The molecule has 130 valence electrons. The van der Waals surface area contributed by atoms with E-state index < -0.39 is 4.92 Å². The first kappa shape index (κ1) is 17.9. The first-order chi connectivity index (χ1) is 11.5. The SMILES string of the molecule is C[C@H]1CCCC[C@H]1NC(=O)CCNC(=O)c1ccc([N+](=O)[O-])cc1. The minimum atomic E-state index is -0.516. The molecule has 1 aliphatic carbocycles. The van der Waals surface area contributed by atoms with Crippen LogP contribution in [0, 0.1) is 16.0 Å². The Bertz CT molecular complexity index is 600. The molecule has 1 aliphatic rings. The van der Waals surface area contributed by atoms with Gasteiger partial charge in [-0.1, -0.05) is 19.8 Å². The number of carbonyl (C=O) groups excluding carboxylic acids is 2. The number of benzene rings is 1. The van der Waals surface area contributed by atoms with Crippen LogP contribution in [0.15, 0.2) is 24.3 Å². The number of nitrogens with one attached hydrogen (secondary N) is 2. The summed E-state index contributed by atoms with van der Waals surface area (Å²) in [6.45, 7) is 2.39. The first-order valence-electron chi connectivity index (χ1n) is 8.29. The number of nitrogens with zero attached hydrogens (tertiary/aromatic N) is 1. The van der Waals surface area contributed by atoms with Crippen LogP contribution in [0.25, 0.3) is 0 Å². The largest absolute Gasteiger partial charge is 0.353 e. The molecular weight excluding hydrogens is 310 g/mol. The van der Waals surface area contributed by atoms with Crippen molar-refractivity contribution in [3.8, 4) is 0 Å². The number of amides is 2. The minimum Gasteiger partial charge on any atom is -0.353 e. The van der Waals surface area contributed by atoms with Gasteiger partial charge in [-0.25, -0.2) is 0 Å². The summed E-state index contributed by atoms with van der Waals surface area (Å²) in [7, 11) is 0. The summed E-state index contributed by atoms with van der Waals surface area (Å²) in [6, 6.07) is 5.60. The second kappa shape index (κ2) is 8.42. The standard InChI is InChI=1S/C17H23N3O4/c1-12-4-2-3-5-15(12)19-16(21)10-11-18-17(22)13-6-8-14(9-7-13)20(23)24/h6-9,12,15H,2-5,10-11H2,1H3,(H,18,22)(H,19,21)/t12-,15+/m0/s1. The fourth-order valence-corrected chi connectivity index (χ4v) is 2.94. The van der Waals surface area contributed by atoms with Crippen molar-refractivity contribution in [3.63, 3.8) is 0 Å². The summed E-state index contributed by atoms with van der Waals surface area (Å²) in [6.07, 6.45) is 4.75. The van der Waals surface area contributed by atoms with Gasteiger partial charge in [0, 0.05) is 36.7 Å². The number of hydrogen-bond acceptors (Lipinski definition) is 4. The zero-order valence-electron chi connectivity index (χ0n) is 13.8. The van der Waals surface area contributed by atoms with Gasteiger partial charge in [0.1, 0.15) is 0 Å². The molecule has 7 nitrogen and oxygen atoms in total. The predicted molar refractivity (Wildman–Crippen MR) is 89.6 cm³/mol. The lowest BCUT2D eigenvalue weighted by Crippen LogP contribution is -2.42. The smallest absolute Gasteiger partial charge is 0.269 e. The molecule has 2 atom stereocenters. The minimum absolute atomic E-state index is 0.0576. The molecule has 2 N–H and O–H groups in total. The summed E-state index contributed by atoms with van der Waals surface area (Å²) >= 11 is 0. The highest BCUT2D eigenvalue weighted by Crippen LogP contribution is 2.23. The van der Waals surface area contributed by atoms with Crippen LogP contribution >= 0.6 is 0 Å². The average Bonchev–Trinajstić information content (AvgIpc) is 2.57. The van der Waals surface area contributed by atoms with Crippen molar-refractivity contribution in [1.29, 1.82) is 0 Å². The number of hydrogen-bond donors (Lipinski definition) is 2. The van der Waals surface area contributed by atoms with Gasteiger partial charge in [-0.3, -0.25) is 19.7 Å². The summed E-state index contributed by atoms with van der Waals surface area (Å²) in [5.74, 6) is 0.0962. The molecular formula is C17H23N3O4. The Morgan fingerprint density at radius 1 is 1.21 bits per heavy atom. The molecule has 24 heavy (non-hydrogen) atoms. The van der Waals surface area contributed by atoms with E-state index in [0.717, 1.165) is 19.3 Å². The van der Waals surface area contributed by atoms with Crippen LogP contribution in [0.4, 0.5) is 5.69 Å². The Labute approximate surface area is 141 Å². The van der Waals surface area contributed by atoms with Gasteiger partial charge in [0.25, 0.3) is 11.6 Å². The molecule has 0 unspecified atom stereocenters. The van der Waals surface area contributed by atoms with Gasteiger partial charge in [0.15, 0.2) is 0 Å². The lowest BCUT2D eigenvalue weighted by atomic mass is 9.86. The van der Waals surface area contributed by atoms with Crippen LogP contribution in [0.1, 0.15) is 49.4 Å². The Morgan fingerprint density at radius 3 is 2.50 bits per heavy atom. The number of non-ortho nitro benzene ring substituents is 1. The molecule has 2 amide bonds. The molecule has 0 aromatic heterocycles. The average molecular weight is 333 g/mol. The maximum Gasteiger partial charge on any atom is 0.269 e. The summed E-state index contributed by atoms with van der Waals surface area (Å²) < 4.78 is 0. The maximum absolute atomic E-state index is 12.0. The van der Waals surface area contributed by atoms with Gasteiger partial charge in [-0.05, 0) is 30.9 Å². The van der Waals surface area contributed by atoms with Crippen LogP contribution in [0.3, 0.4) is 0 Å². The van der Waals surface area contributed by atoms with Crippen molar-refractivity contribution in [2.24, 2.45) is 5.92 Å².